The summed E-state index contributed by atoms with van der Waals surface area (Å²) in [5.74, 6) is 0.795. The van der Waals surface area contributed by atoms with Gasteiger partial charge in [-0.2, -0.15) is 0 Å². The molecule has 0 aliphatic heterocycles. The molecule has 104 valence electrons. The van der Waals surface area contributed by atoms with E-state index in [2.05, 4.69) is 46.4 Å². The standard InChI is InChI=1S/C15H34N2/c1-7-15(6,17(8-2)9-3)14(16)12-10-11-13(4)5/h13-14H,7-12,16H2,1-6H3. The van der Waals surface area contributed by atoms with Crippen LogP contribution in [0.1, 0.15) is 67.2 Å². The van der Waals surface area contributed by atoms with Crippen LogP contribution in [-0.4, -0.2) is 29.6 Å². The minimum Gasteiger partial charge on any atom is -0.326 e. The molecule has 2 unspecified atom stereocenters. The van der Waals surface area contributed by atoms with Gasteiger partial charge in [-0.05, 0) is 38.8 Å². The lowest BCUT2D eigenvalue weighted by atomic mass is 9.84. The Kier molecular flexibility index (Phi) is 8.06. The Bertz CT molecular complexity index is 187. The minimum atomic E-state index is 0.167. The maximum absolute atomic E-state index is 6.46. The topological polar surface area (TPSA) is 29.3 Å². The van der Waals surface area contributed by atoms with Gasteiger partial charge >= 0.3 is 0 Å². The van der Waals surface area contributed by atoms with Crippen molar-refractivity contribution in [1.82, 2.24) is 4.90 Å². The monoisotopic (exact) mass is 242 g/mol. The molecule has 0 saturated heterocycles. The Balaban J connectivity index is 4.40. The quantitative estimate of drug-likeness (QED) is 0.669. The molecule has 0 amide bonds. The van der Waals surface area contributed by atoms with E-state index >= 15 is 0 Å². The van der Waals surface area contributed by atoms with Crippen molar-refractivity contribution in [3.63, 3.8) is 0 Å². The smallest absolute Gasteiger partial charge is 0.0329 e. The molecule has 0 aromatic heterocycles. The number of nitrogens with two attached hydrogens (primary N) is 1. The highest BCUT2D eigenvalue weighted by molar-refractivity contribution is 4.93. The van der Waals surface area contributed by atoms with Crippen molar-refractivity contribution >= 4 is 0 Å². The van der Waals surface area contributed by atoms with Crippen molar-refractivity contribution in [2.45, 2.75) is 78.8 Å². The van der Waals surface area contributed by atoms with Crippen LogP contribution in [0.25, 0.3) is 0 Å². The van der Waals surface area contributed by atoms with E-state index in [4.69, 9.17) is 5.73 Å². The number of likely N-dealkylation sites (N-methyl/N-ethyl adjacent to an activating group) is 1. The number of hydrogen-bond acceptors (Lipinski definition) is 2. The maximum Gasteiger partial charge on any atom is 0.0329 e. The first kappa shape index (κ1) is 16.9. The van der Waals surface area contributed by atoms with Crippen LogP contribution in [0, 0.1) is 5.92 Å². The van der Waals surface area contributed by atoms with Crippen molar-refractivity contribution in [3.8, 4) is 0 Å². The average molecular weight is 242 g/mol. The lowest BCUT2D eigenvalue weighted by Gasteiger charge is -2.44. The second kappa shape index (κ2) is 8.10. The SMILES string of the molecule is CCN(CC)C(C)(CC)C(N)CCCC(C)C. The number of rotatable bonds is 9. The first-order valence-corrected chi connectivity index (χ1v) is 7.42. The third kappa shape index (κ3) is 4.97. The van der Waals surface area contributed by atoms with Crippen molar-refractivity contribution < 1.29 is 0 Å². The Hall–Kier alpha value is -0.0800. The molecule has 2 atom stereocenters. The predicted molar refractivity (Wildman–Crippen MR) is 78.3 cm³/mol. The van der Waals surface area contributed by atoms with Gasteiger partial charge in [-0.1, -0.05) is 47.5 Å². The Morgan fingerprint density at radius 3 is 1.94 bits per heavy atom. The average Bonchev–Trinajstić information content (AvgIpc) is 2.29. The van der Waals surface area contributed by atoms with Crippen molar-refractivity contribution in [2.75, 3.05) is 13.1 Å². The summed E-state index contributed by atoms with van der Waals surface area (Å²) < 4.78 is 0. The van der Waals surface area contributed by atoms with E-state index < -0.39 is 0 Å². The summed E-state index contributed by atoms with van der Waals surface area (Å²) in [5, 5.41) is 0. The molecule has 2 heteroatoms. The maximum atomic E-state index is 6.46. The molecule has 2 nitrogen and oxygen atoms in total. The molecule has 2 N–H and O–H groups in total. The molecule has 0 radical (unpaired) electrons. The van der Waals surface area contributed by atoms with Crippen LogP contribution in [-0.2, 0) is 0 Å². The molecule has 0 rings (SSSR count). The van der Waals surface area contributed by atoms with Gasteiger partial charge in [0, 0.05) is 11.6 Å². The summed E-state index contributed by atoms with van der Waals surface area (Å²) in [4.78, 5) is 2.52. The van der Waals surface area contributed by atoms with Crippen LogP contribution in [0.5, 0.6) is 0 Å². The van der Waals surface area contributed by atoms with E-state index in [1.165, 1.54) is 12.8 Å². The van der Waals surface area contributed by atoms with E-state index in [0.29, 0.717) is 6.04 Å². The molecule has 0 aromatic carbocycles. The number of hydrogen-bond donors (Lipinski definition) is 1. The van der Waals surface area contributed by atoms with Crippen LogP contribution >= 0.6 is 0 Å². The van der Waals surface area contributed by atoms with Gasteiger partial charge in [0.2, 0.25) is 0 Å². The molecule has 17 heavy (non-hydrogen) atoms. The molecular weight excluding hydrogens is 208 g/mol. The first-order chi connectivity index (χ1) is 7.92. The van der Waals surface area contributed by atoms with E-state index in [9.17, 15) is 0 Å². The minimum absolute atomic E-state index is 0.167. The lowest BCUT2D eigenvalue weighted by Crippen LogP contribution is -2.57. The third-order valence-electron chi connectivity index (χ3n) is 4.30. The highest BCUT2D eigenvalue weighted by Gasteiger charge is 2.34. The normalized spacial score (nSPS) is 17.5. The lowest BCUT2D eigenvalue weighted by molar-refractivity contribution is 0.0801. The van der Waals surface area contributed by atoms with Crippen molar-refractivity contribution in [2.24, 2.45) is 11.7 Å². The first-order valence-electron chi connectivity index (χ1n) is 7.42. The second-order valence-electron chi connectivity index (χ2n) is 5.81. The zero-order valence-electron chi connectivity index (χ0n) is 12.9. The van der Waals surface area contributed by atoms with Crippen LogP contribution < -0.4 is 5.73 Å². The Labute approximate surface area is 109 Å². The molecular formula is C15H34N2. The fourth-order valence-corrected chi connectivity index (χ4v) is 2.72. The predicted octanol–water partition coefficient (Wildman–Crippen LogP) is 3.65. The van der Waals surface area contributed by atoms with Crippen LogP contribution in [0.2, 0.25) is 0 Å². The number of nitrogens with zero attached hydrogens (tertiary/aromatic N) is 1. The van der Waals surface area contributed by atoms with E-state index in [1.807, 2.05) is 0 Å². The van der Waals surface area contributed by atoms with Crippen LogP contribution in [0.15, 0.2) is 0 Å². The zero-order chi connectivity index (χ0) is 13.5. The van der Waals surface area contributed by atoms with Gasteiger partial charge in [-0.3, -0.25) is 4.90 Å². The fraction of sp³-hybridized carbons (Fsp3) is 1.00. The second-order valence-corrected chi connectivity index (χ2v) is 5.81. The van der Waals surface area contributed by atoms with Gasteiger partial charge in [0.1, 0.15) is 0 Å². The molecule has 0 aromatic rings. The van der Waals surface area contributed by atoms with E-state index in [1.54, 1.807) is 0 Å². The fourth-order valence-electron chi connectivity index (χ4n) is 2.72. The summed E-state index contributed by atoms with van der Waals surface area (Å²) in [6.07, 6.45) is 4.85. The van der Waals surface area contributed by atoms with Gasteiger partial charge in [0.05, 0.1) is 0 Å². The zero-order valence-corrected chi connectivity index (χ0v) is 12.9. The molecule has 0 saturated carbocycles. The Morgan fingerprint density at radius 2 is 1.59 bits per heavy atom. The Morgan fingerprint density at radius 1 is 1.06 bits per heavy atom. The van der Waals surface area contributed by atoms with Gasteiger partial charge in [0.15, 0.2) is 0 Å². The molecule has 0 fully saturated rings. The summed E-state index contributed by atoms with van der Waals surface area (Å²) in [6.45, 7) is 15.8. The van der Waals surface area contributed by atoms with Gasteiger partial charge in [-0.25, -0.2) is 0 Å². The molecule has 0 aliphatic rings. The van der Waals surface area contributed by atoms with Crippen molar-refractivity contribution in [3.05, 3.63) is 0 Å². The third-order valence-corrected chi connectivity index (χ3v) is 4.30. The van der Waals surface area contributed by atoms with Gasteiger partial charge in [-0.15, -0.1) is 0 Å². The summed E-state index contributed by atoms with van der Waals surface area (Å²) in [6, 6.07) is 0.297. The van der Waals surface area contributed by atoms with E-state index in [-0.39, 0.29) is 5.54 Å². The summed E-state index contributed by atoms with van der Waals surface area (Å²) in [7, 11) is 0. The highest BCUT2D eigenvalue weighted by Crippen LogP contribution is 2.25. The van der Waals surface area contributed by atoms with Gasteiger partial charge < -0.3 is 5.73 Å². The van der Waals surface area contributed by atoms with Gasteiger partial charge in [0.25, 0.3) is 0 Å². The molecule has 0 aliphatic carbocycles. The molecule has 0 bridgehead atoms. The van der Waals surface area contributed by atoms with Crippen molar-refractivity contribution in [1.29, 1.82) is 0 Å². The highest BCUT2D eigenvalue weighted by atomic mass is 15.2. The van der Waals surface area contributed by atoms with Crippen LogP contribution in [0.4, 0.5) is 0 Å². The van der Waals surface area contributed by atoms with E-state index in [0.717, 1.165) is 31.8 Å². The summed E-state index contributed by atoms with van der Waals surface area (Å²) >= 11 is 0. The molecule has 0 heterocycles. The summed E-state index contributed by atoms with van der Waals surface area (Å²) in [5.41, 5.74) is 6.63. The molecule has 0 spiro atoms. The van der Waals surface area contributed by atoms with Crippen LogP contribution in [0.3, 0.4) is 0 Å². The largest absolute Gasteiger partial charge is 0.326 e.